The van der Waals surface area contributed by atoms with Crippen LogP contribution in [0.1, 0.15) is 35.6 Å². The molecule has 0 bridgehead atoms. The second kappa shape index (κ2) is 7.55. The van der Waals surface area contributed by atoms with Crippen LogP contribution in [0.2, 0.25) is 0 Å². The van der Waals surface area contributed by atoms with E-state index in [0.29, 0.717) is 11.1 Å². The summed E-state index contributed by atoms with van der Waals surface area (Å²) in [5, 5.41) is 12.2. The third-order valence-corrected chi connectivity index (χ3v) is 5.29. The Balaban J connectivity index is 1.92. The number of rotatable bonds is 5. The second-order valence-corrected chi connectivity index (χ2v) is 6.95. The molecule has 1 fully saturated rings. The van der Waals surface area contributed by atoms with Crippen LogP contribution < -0.4 is 0 Å². The summed E-state index contributed by atoms with van der Waals surface area (Å²) in [6.45, 7) is 1.76. The first-order chi connectivity index (χ1) is 13.2. The normalized spacial score (nSPS) is 16.4. The molecule has 1 aliphatic rings. The maximum atomic E-state index is 13.6. The van der Waals surface area contributed by atoms with Crippen molar-refractivity contribution in [2.75, 3.05) is 13.1 Å². The van der Waals surface area contributed by atoms with Gasteiger partial charge in [0.2, 0.25) is 0 Å². The molecule has 0 saturated carbocycles. The van der Waals surface area contributed by atoms with E-state index in [4.69, 9.17) is 0 Å². The van der Waals surface area contributed by atoms with Gasteiger partial charge in [-0.15, -0.1) is 0 Å². The molecule has 0 aliphatic carbocycles. The van der Waals surface area contributed by atoms with Gasteiger partial charge >= 0.3 is 0 Å². The molecule has 1 saturated heterocycles. The van der Waals surface area contributed by atoms with Gasteiger partial charge in [-0.1, -0.05) is 24.3 Å². The average Bonchev–Trinajstić information content (AvgIpc) is 3.25. The SMILES string of the molecule is OC(c1cccnc1)(c1cccnc1)C(c1ccc(F)cc1)N1CCCC1. The Labute approximate surface area is 158 Å². The molecule has 3 aromatic rings. The van der Waals surface area contributed by atoms with E-state index in [1.165, 1.54) is 12.1 Å². The molecule has 1 aliphatic heterocycles. The zero-order valence-corrected chi connectivity index (χ0v) is 15.0. The molecular weight excluding hydrogens is 341 g/mol. The van der Waals surface area contributed by atoms with E-state index in [9.17, 15) is 9.50 Å². The van der Waals surface area contributed by atoms with Crippen molar-refractivity contribution >= 4 is 0 Å². The van der Waals surface area contributed by atoms with Crippen LogP contribution in [-0.4, -0.2) is 33.1 Å². The molecule has 1 unspecified atom stereocenters. The van der Waals surface area contributed by atoms with E-state index in [2.05, 4.69) is 14.9 Å². The summed E-state index contributed by atoms with van der Waals surface area (Å²) in [5.74, 6) is -0.287. The van der Waals surface area contributed by atoms with Crippen molar-refractivity contribution in [3.05, 3.63) is 95.8 Å². The molecule has 1 aromatic carbocycles. The molecule has 0 radical (unpaired) electrons. The smallest absolute Gasteiger partial charge is 0.137 e. The minimum atomic E-state index is -1.36. The van der Waals surface area contributed by atoms with Crippen LogP contribution in [-0.2, 0) is 5.60 Å². The topological polar surface area (TPSA) is 49.3 Å². The van der Waals surface area contributed by atoms with E-state index in [-0.39, 0.29) is 11.9 Å². The minimum Gasteiger partial charge on any atom is -0.378 e. The predicted molar refractivity (Wildman–Crippen MR) is 101 cm³/mol. The van der Waals surface area contributed by atoms with Gasteiger partial charge in [0.05, 0.1) is 6.04 Å². The van der Waals surface area contributed by atoms with Crippen molar-refractivity contribution < 1.29 is 9.50 Å². The molecular formula is C22H22FN3O. The molecule has 1 N–H and O–H groups in total. The summed E-state index contributed by atoms with van der Waals surface area (Å²) in [6.07, 6.45) is 8.92. The molecule has 4 rings (SSSR count). The van der Waals surface area contributed by atoms with Gasteiger partial charge in [-0.2, -0.15) is 0 Å². The highest BCUT2D eigenvalue weighted by molar-refractivity contribution is 5.39. The molecule has 138 valence electrons. The summed E-state index contributed by atoms with van der Waals surface area (Å²) >= 11 is 0. The molecule has 0 amide bonds. The first kappa shape index (κ1) is 17.8. The predicted octanol–water partition coefficient (Wildman–Crippen LogP) is 3.69. The minimum absolute atomic E-state index is 0.287. The number of nitrogens with zero attached hydrogens (tertiary/aromatic N) is 3. The van der Waals surface area contributed by atoms with E-state index >= 15 is 0 Å². The summed E-state index contributed by atoms with van der Waals surface area (Å²) in [6, 6.07) is 13.5. The van der Waals surface area contributed by atoms with Gasteiger partial charge in [0.15, 0.2) is 0 Å². The second-order valence-electron chi connectivity index (χ2n) is 6.95. The zero-order valence-electron chi connectivity index (χ0n) is 15.0. The molecule has 3 heterocycles. The van der Waals surface area contributed by atoms with Crippen LogP contribution in [0.15, 0.2) is 73.3 Å². The third-order valence-electron chi connectivity index (χ3n) is 5.29. The van der Waals surface area contributed by atoms with Gasteiger partial charge in [-0.3, -0.25) is 14.9 Å². The van der Waals surface area contributed by atoms with Crippen molar-refractivity contribution in [1.82, 2.24) is 14.9 Å². The lowest BCUT2D eigenvalue weighted by Crippen LogP contribution is -2.44. The quantitative estimate of drug-likeness (QED) is 0.751. The van der Waals surface area contributed by atoms with E-state index < -0.39 is 5.60 Å². The molecule has 1 atom stereocenters. The highest BCUT2D eigenvalue weighted by Gasteiger charge is 2.45. The monoisotopic (exact) mass is 363 g/mol. The van der Waals surface area contributed by atoms with Gasteiger partial charge in [-0.05, 0) is 55.8 Å². The molecule has 5 heteroatoms. The lowest BCUT2D eigenvalue weighted by Gasteiger charge is -2.42. The number of aromatic nitrogens is 2. The standard InChI is InChI=1S/C22H22FN3O/c23-20-9-7-17(8-10-20)21(26-13-1-2-14-26)22(27,18-5-3-11-24-15-18)19-6-4-12-25-16-19/h3-12,15-16,21,27H,1-2,13-14H2. The van der Waals surface area contributed by atoms with Crippen molar-refractivity contribution in [3.8, 4) is 0 Å². The summed E-state index contributed by atoms with van der Waals surface area (Å²) in [4.78, 5) is 10.7. The van der Waals surface area contributed by atoms with Crippen LogP contribution in [0.25, 0.3) is 0 Å². The van der Waals surface area contributed by atoms with Crippen molar-refractivity contribution in [2.45, 2.75) is 24.5 Å². The number of halogens is 1. The van der Waals surface area contributed by atoms with Crippen molar-refractivity contribution in [3.63, 3.8) is 0 Å². The fourth-order valence-corrected chi connectivity index (χ4v) is 4.02. The fourth-order valence-electron chi connectivity index (χ4n) is 4.02. The summed E-state index contributed by atoms with van der Waals surface area (Å²) < 4.78 is 13.6. The number of pyridine rings is 2. The number of likely N-dealkylation sites (tertiary alicyclic amines) is 1. The van der Waals surface area contributed by atoms with Gasteiger partial charge in [0.1, 0.15) is 11.4 Å². The first-order valence-electron chi connectivity index (χ1n) is 9.22. The van der Waals surface area contributed by atoms with Gasteiger partial charge in [0, 0.05) is 35.9 Å². The fraction of sp³-hybridized carbons (Fsp3) is 0.273. The summed E-state index contributed by atoms with van der Waals surface area (Å²) in [5.41, 5.74) is 0.900. The lowest BCUT2D eigenvalue weighted by atomic mass is 9.77. The number of hydrogen-bond acceptors (Lipinski definition) is 4. The van der Waals surface area contributed by atoms with Gasteiger partial charge in [0.25, 0.3) is 0 Å². The van der Waals surface area contributed by atoms with Gasteiger partial charge in [-0.25, -0.2) is 4.39 Å². The van der Waals surface area contributed by atoms with Crippen LogP contribution in [0, 0.1) is 5.82 Å². The maximum Gasteiger partial charge on any atom is 0.137 e. The Morgan fingerprint density at radius 2 is 1.44 bits per heavy atom. The van der Waals surface area contributed by atoms with E-state index in [1.54, 1.807) is 36.9 Å². The third kappa shape index (κ3) is 3.36. The zero-order chi connectivity index (χ0) is 18.7. The van der Waals surface area contributed by atoms with Crippen LogP contribution in [0.3, 0.4) is 0 Å². The molecule has 2 aromatic heterocycles. The Morgan fingerprint density at radius 1 is 0.889 bits per heavy atom. The van der Waals surface area contributed by atoms with Crippen LogP contribution in [0.4, 0.5) is 4.39 Å². The Morgan fingerprint density at radius 3 is 1.93 bits per heavy atom. The highest BCUT2D eigenvalue weighted by atomic mass is 19.1. The number of aliphatic hydroxyl groups is 1. The molecule has 27 heavy (non-hydrogen) atoms. The van der Waals surface area contributed by atoms with Crippen LogP contribution >= 0.6 is 0 Å². The average molecular weight is 363 g/mol. The molecule has 4 nitrogen and oxygen atoms in total. The van der Waals surface area contributed by atoms with E-state index in [0.717, 1.165) is 31.5 Å². The van der Waals surface area contributed by atoms with Crippen molar-refractivity contribution in [2.24, 2.45) is 0 Å². The van der Waals surface area contributed by atoms with Crippen molar-refractivity contribution in [1.29, 1.82) is 0 Å². The largest absolute Gasteiger partial charge is 0.378 e. The Bertz CT molecular complexity index is 826. The van der Waals surface area contributed by atoms with E-state index in [1.807, 2.05) is 24.3 Å². The number of benzene rings is 1. The highest BCUT2D eigenvalue weighted by Crippen LogP contribution is 2.45. The Hall–Kier alpha value is -2.63. The van der Waals surface area contributed by atoms with Gasteiger partial charge < -0.3 is 5.11 Å². The lowest BCUT2D eigenvalue weighted by molar-refractivity contribution is -0.0152. The summed E-state index contributed by atoms with van der Waals surface area (Å²) in [7, 11) is 0. The first-order valence-corrected chi connectivity index (χ1v) is 9.22. The Kier molecular flexibility index (Phi) is 4.97. The molecule has 0 spiro atoms. The maximum absolute atomic E-state index is 13.6. The number of hydrogen-bond donors (Lipinski definition) is 1. The van der Waals surface area contributed by atoms with Crippen LogP contribution in [0.5, 0.6) is 0 Å².